The molecule has 8 nitrogen and oxygen atoms in total. The maximum absolute atomic E-state index is 12.1. The van der Waals surface area contributed by atoms with Gasteiger partial charge >= 0.3 is 6.03 Å². The van der Waals surface area contributed by atoms with Gasteiger partial charge in [0.1, 0.15) is 0 Å². The van der Waals surface area contributed by atoms with E-state index < -0.39 is 4.92 Å². The van der Waals surface area contributed by atoms with Crippen LogP contribution in [0.3, 0.4) is 0 Å². The Balaban J connectivity index is 1.97. The molecule has 0 bridgehead atoms. The van der Waals surface area contributed by atoms with Gasteiger partial charge in [-0.2, -0.15) is 0 Å². The highest BCUT2D eigenvalue weighted by atomic mass is 16.6. The van der Waals surface area contributed by atoms with Crippen molar-refractivity contribution in [1.82, 2.24) is 5.32 Å². The molecular weight excluding hydrogens is 324 g/mol. The van der Waals surface area contributed by atoms with Gasteiger partial charge in [0.15, 0.2) is 0 Å². The first-order chi connectivity index (χ1) is 11.8. The monoisotopic (exact) mass is 342 g/mol. The SMILES string of the molecule is CC(C)NC(=O)Nc1ccc(NC(=O)c2ccc([N+](=O)[O-])cc2)cc1. The Morgan fingerprint density at radius 3 is 1.92 bits per heavy atom. The van der Waals surface area contributed by atoms with Crippen LogP contribution < -0.4 is 16.0 Å². The fraction of sp³-hybridized carbons (Fsp3) is 0.176. The molecule has 0 aliphatic rings. The first kappa shape index (κ1) is 17.9. The minimum atomic E-state index is -0.525. The van der Waals surface area contributed by atoms with Crippen LogP contribution in [0.2, 0.25) is 0 Å². The van der Waals surface area contributed by atoms with Gasteiger partial charge in [-0.25, -0.2) is 4.79 Å². The zero-order chi connectivity index (χ0) is 18.4. The summed E-state index contributed by atoms with van der Waals surface area (Å²) in [4.78, 5) is 33.8. The quantitative estimate of drug-likeness (QED) is 0.571. The van der Waals surface area contributed by atoms with Crippen LogP contribution >= 0.6 is 0 Å². The van der Waals surface area contributed by atoms with Crippen LogP contribution in [0.4, 0.5) is 21.9 Å². The number of nitro benzene ring substituents is 1. The zero-order valence-electron chi connectivity index (χ0n) is 13.8. The summed E-state index contributed by atoms with van der Waals surface area (Å²) in [5.41, 5.74) is 1.36. The van der Waals surface area contributed by atoms with E-state index in [9.17, 15) is 19.7 Å². The van der Waals surface area contributed by atoms with Gasteiger partial charge < -0.3 is 16.0 Å². The number of carbonyl (C=O) groups excluding carboxylic acids is 2. The van der Waals surface area contributed by atoms with Gasteiger partial charge in [-0.1, -0.05) is 0 Å². The van der Waals surface area contributed by atoms with E-state index in [-0.39, 0.29) is 23.7 Å². The van der Waals surface area contributed by atoms with E-state index in [4.69, 9.17) is 0 Å². The van der Waals surface area contributed by atoms with Crippen LogP contribution in [-0.4, -0.2) is 22.9 Å². The number of nitro groups is 1. The molecule has 2 rings (SSSR count). The van der Waals surface area contributed by atoms with E-state index in [0.717, 1.165) is 0 Å². The first-order valence-corrected chi connectivity index (χ1v) is 7.58. The van der Waals surface area contributed by atoms with Gasteiger partial charge in [-0.05, 0) is 50.2 Å². The number of hydrogen-bond acceptors (Lipinski definition) is 4. The van der Waals surface area contributed by atoms with Crippen molar-refractivity contribution < 1.29 is 14.5 Å². The summed E-state index contributed by atoms with van der Waals surface area (Å²) in [6.07, 6.45) is 0. The minimum absolute atomic E-state index is 0.0280. The molecular formula is C17H18N4O4. The standard InChI is InChI=1S/C17H18N4O4/c1-11(2)18-17(23)20-14-7-5-13(6-8-14)19-16(22)12-3-9-15(10-4-12)21(24)25/h3-11H,1-2H3,(H,19,22)(H2,18,20,23). The topological polar surface area (TPSA) is 113 Å². The first-order valence-electron chi connectivity index (χ1n) is 7.58. The normalized spacial score (nSPS) is 10.2. The molecule has 0 aliphatic heterocycles. The molecule has 3 N–H and O–H groups in total. The van der Waals surface area contributed by atoms with Crippen LogP contribution in [0.15, 0.2) is 48.5 Å². The molecule has 0 saturated carbocycles. The lowest BCUT2D eigenvalue weighted by Crippen LogP contribution is -2.34. The number of nitrogens with zero attached hydrogens (tertiary/aromatic N) is 1. The van der Waals surface area contributed by atoms with Crippen LogP contribution in [0, 0.1) is 10.1 Å². The predicted octanol–water partition coefficient (Wildman–Crippen LogP) is 3.38. The molecule has 0 unspecified atom stereocenters. The number of carbonyl (C=O) groups is 2. The van der Waals surface area contributed by atoms with Crippen molar-refractivity contribution in [3.8, 4) is 0 Å². The van der Waals surface area contributed by atoms with Crippen molar-refractivity contribution in [2.75, 3.05) is 10.6 Å². The summed E-state index contributed by atoms with van der Waals surface area (Å²) < 4.78 is 0. The molecule has 2 aromatic rings. The van der Waals surface area contributed by atoms with Gasteiger partial charge in [-0.3, -0.25) is 14.9 Å². The third-order valence-corrected chi connectivity index (χ3v) is 3.16. The summed E-state index contributed by atoms with van der Waals surface area (Å²) in [6, 6.07) is 11.7. The Kier molecular flexibility index (Phi) is 5.67. The average molecular weight is 342 g/mol. The third kappa shape index (κ3) is 5.31. The van der Waals surface area contributed by atoms with Gasteiger partial charge in [0.05, 0.1) is 4.92 Å². The summed E-state index contributed by atoms with van der Waals surface area (Å²) in [5.74, 6) is -0.381. The number of nitrogens with one attached hydrogen (secondary N) is 3. The summed E-state index contributed by atoms with van der Waals surface area (Å²) in [6.45, 7) is 3.72. The molecule has 0 spiro atoms. The Morgan fingerprint density at radius 1 is 0.920 bits per heavy atom. The molecule has 0 aliphatic carbocycles. The number of non-ortho nitro benzene ring substituents is 1. The molecule has 0 atom stereocenters. The molecule has 0 radical (unpaired) electrons. The van der Waals surface area contributed by atoms with Gasteiger partial charge in [0.2, 0.25) is 0 Å². The van der Waals surface area contributed by atoms with Crippen molar-refractivity contribution in [2.45, 2.75) is 19.9 Å². The Bertz CT molecular complexity index is 770. The molecule has 2 aromatic carbocycles. The molecule has 25 heavy (non-hydrogen) atoms. The van der Waals surface area contributed by atoms with E-state index in [1.54, 1.807) is 24.3 Å². The number of hydrogen-bond donors (Lipinski definition) is 3. The smallest absolute Gasteiger partial charge is 0.319 e. The predicted molar refractivity (Wildman–Crippen MR) is 94.8 cm³/mol. The fourth-order valence-corrected chi connectivity index (χ4v) is 2.00. The Hall–Kier alpha value is -3.42. The minimum Gasteiger partial charge on any atom is -0.336 e. The van der Waals surface area contributed by atoms with E-state index in [2.05, 4.69) is 16.0 Å². The number of urea groups is 1. The lowest BCUT2D eigenvalue weighted by Gasteiger charge is -2.11. The molecule has 130 valence electrons. The highest BCUT2D eigenvalue weighted by Gasteiger charge is 2.10. The second-order valence-corrected chi connectivity index (χ2v) is 5.59. The van der Waals surface area contributed by atoms with Crippen LogP contribution in [0.5, 0.6) is 0 Å². The van der Waals surface area contributed by atoms with Crippen molar-refractivity contribution in [2.24, 2.45) is 0 Å². The highest BCUT2D eigenvalue weighted by molar-refractivity contribution is 6.04. The number of benzene rings is 2. The molecule has 8 heteroatoms. The van der Waals surface area contributed by atoms with Gasteiger partial charge in [-0.15, -0.1) is 0 Å². The Labute approximate surface area is 144 Å². The van der Waals surface area contributed by atoms with Crippen LogP contribution in [0.25, 0.3) is 0 Å². The molecule has 0 heterocycles. The van der Waals surface area contributed by atoms with Crippen molar-refractivity contribution in [1.29, 1.82) is 0 Å². The second kappa shape index (κ2) is 7.91. The maximum atomic E-state index is 12.1. The highest BCUT2D eigenvalue weighted by Crippen LogP contribution is 2.16. The van der Waals surface area contributed by atoms with Crippen molar-refractivity contribution >= 4 is 29.0 Å². The molecule has 0 saturated heterocycles. The van der Waals surface area contributed by atoms with E-state index >= 15 is 0 Å². The number of anilines is 2. The van der Waals surface area contributed by atoms with E-state index in [1.807, 2.05) is 13.8 Å². The second-order valence-electron chi connectivity index (χ2n) is 5.59. The maximum Gasteiger partial charge on any atom is 0.319 e. The fourth-order valence-electron chi connectivity index (χ4n) is 2.00. The zero-order valence-corrected chi connectivity index (χ0v) is 13.8. The Morgan fingerprint density at radius 2 is 1.44 bits per heavy atom. The van der Waals surface area contributed by atoms with Crippen LogP contribution in [-0.2, 0) is 0 Å². The summed E-state index contributed by atoms with van der Waals surface area (Å²) in [7, 11) is 0. The summed E-state index contributed by atoms with van der Waals surface area (Å²) in [5, 5.41) is 18.7. The van der Waals surface area contributed by atoms with Gasteiger partial charge in [0, 0.05) is 35.1 Å². The molecule has 0 aromatic heterocycles. The van der Waals surface area contributed by atoms with E-state index in [1.165, 1.54) is 24.3 Å². The number of rotatable bonds is 5. The number of amides is 3. The molecule has 0 fully saturated rings. The lowest BCUT2D eigenvalue weighted by molar-refractivity contribution is -0.384. The molecule has 3 amide bonds. The van der Waals surface area contributed by atoms with Crippen molar-refractivity contribution in [3.63, 3.8) is 0 Å². The van der Waals surface area contributed by atoms with E-state index in [0.29, 0.717) is 16.9 Å². The largest absolute Gasteiger partial charge is 0.336 e. The van der Waals surface area contributed by atoms with Gasteiger partial charge in [0.25, 0.3) is 11.6 Å². The lowest BCUT2D eigenvalue weighted by atomic mass is 10.2. The average Bonchev–Trinajstić information content (AvgIpc) is 2.56. The van der Waals surface area contributed by atoms with Crippen LogP contribution in [0.1, 0.15) is 24.2 Å². The van der Waals surface area contributed by atoms with Crippen molar-refractivity contribution in [3.05, 3.63) is 64.2 Å². The third-order valence-electron chi connectivity index (χ3n) is 3.16. The summed E-state index contributed by atoms with van der Waals surface area (Å²) >= 11 is 0.